The van der Waals surface area contributed by atoms with Crippen LogP contribution in [-0.4, -0.2) is 34.4 Å². The molecule has 0 unspecified atom stereocenters. The highest BCUT2D eigenvalue weighted by molar-refractivity contribution is 7.80. The fraction of sp³-hybridized carbons (Fsp3) is 0.467. The molecule has 1 aromatic heterocycles. The Morgan fingerprint density at radius 2 is 2.15 bits per heavy atom. The molecule has 20 heavy (non-hydrogen) atoms. The molecule has 1 saturated heterocycles. The summed E-state index contributed by atoms with van der Waals surface area (Å²) >= 11 is 7.01. The lowest BCUT2D eigenvalue weighted by Crippen LogP contribution is -2.32. The van der Waals surface area contributed by atoms with E-state index in [9.17, 15) is 4.79 Å². The molecule has 1 amide bonds. The van der Waals surface area contributed by atoms with Crippen molar-refractivity contribution in [2.75, 3.05) is 13.6 Å². The molecule has 1 aromatic rings. The molecule has 2 heterocycles. The number of rotatable bonds is 6. The largest absolute Gasteiger partial charge is 0.317 e. The van der Waals surface area contributed by atoms with E-state index >= 15 is 0 Å². The van der Waals surface area contributed by atoms with Gasteiger partial charge in [0.05, 0.1) is 0 Å². The van der Waals surface area contributed by atoms with E-state index in [0.29, 0.717) is 10.8 Å². The topological polar surface area (TPSA) is 23.6 Å². The summed E-state index contributed by atoms with van der Waals surface area (Å²) < 4.78 is 0. The Morgan fingerprint density at radius 3 is 2.80 bits per heavy atom. The van der Waals surface area contributed by atoms with Crippen molar-refractivity contribution in [2.24, 2.45) is 0 Å². The van der Waals surface area contributed by atoms with E-state index in [1.807, 2.05) is 35.5 Å². The number of hydrogen-bond donors (Lipinski definition) is 0. The Morgan fingerprint density at radius 1 is 1.35 bits per heavy atom. The molecule has 0 saturated carbocycles. The van der Waals surface area contributed by atoms with Crippen LogP contribution in [0.4, 0.5) is 0 Å². The molecule has 0 aromatic carbocycles. The second kappa shape index (κ2) is 6.99. The zero-order chi connectivity index (χ0) is 14.5. The lowest BCUT2D eigenvalue weighted by atomic mass is 10.2. The summed E-state index contributed by atoms with van der Waals surface area (Å²) in [5.41, 5.74) is 0.674. The van der Waals surface area contributed by atoms with Gasteiger partial charge in [-0.15, -0.1) is 11.3 Å². The first-order chi connectivity index (χ1) is 9.65. The monoisotopic (exact) mass is 308 g/mol. The Balaban J connectivity index is 2.06. The van der Waals surface area contributed by atoms with E-state index in [1.54, 1.807) is 16.2 Å². The molecule has 2 rings (SSSR count). The van der Waals surface area contributed by atoms with Crippen molar-refractivity contribution >= 4 is 40.7 Å². The van der Waals surface area contributed by atoms with Crippen LogP contribution in [0.25, 0.3) is 6.08 Å². The van der Waals surface area contributed by atoms with E-state index < -0.39 is 0 Å². The standard InChI is InChI=1S/C15H20N2OS2/c1-3-4-5-6-9-17-14(18)13(16(2)15(17)19)11-12-8-7-10-20-12/h7-8,10-11H,3-6,9H2,1-2H3/b13-11+. The maximum absolute atomic E-state index is 12.4. The molecular weight excluding hydrogens is 288 g/mol. The van der Waals surface area contributed by atoms with Crippen LogP contribution in [0.2, 0.25) is 0 Å². The van der Waals surface area contributed by atoms with Crippen molar-refractivity contribution in [3.63, 3.8) is 0 Å². The summed E-state index contributed by atoms with van der Waals surface area (Å²) in [6.45, 7) is 2.91. The number of amides is 1. The normalized spacial score (nSPS) is 17.6. The maximum atomic E-state index is 12.4. The highest BCUT2D eigenvalue weighted by Gasteiger charge is 2.35. The van der Waals surface area contributed by atoms with Crippen LogP contribution < -0.4 is 0 Å². The van der Waals surface area contributed by atoms with Crippen LogP contribution in [0.1, 0.15) is 37.5 Å². The number of nitrogens with zero attached hydrogens (tertiary/aromatic N) is 2. The summed E-state index contributed by atoms with van der Waals surface area (Å²) in [6.07, 6.45) is 6.49. The molecule has 0 radical (unpaired) electrons. The Hall–Kier alpha value is -1.20. The summed E-state index contributed by atoms with van der Waals surface area (Å²) in [4.78, 5) is 17.1. The van der Waals surface area contributed by atoms with Crippen molar-refractivity contribution in [1.82, 2.24) is 9.80 Å². The van der Waals surface area contributed by atoms with Crippen LogP contribution in [0.3, 0.4) is 0 Å². The minimum absolute atomic E-state index is 0.0300. The molecule has 108 valence electrons. The Bertz CT molecular complexity index is 508. The molecule has 0 N–H and O–H groups in total. The lowest BCUT2D eigenvalue weighted by Gasteiger charge is -2.16. The summed E-state index contributed by atoms with van der Waals surface area (Å²) in [6, 6.07) is 3.99. The van der Waals surface area contributed by atoms with Crippen LogP contribution in [0.5, 0.6) is 0 Å². The van der Waals surface area contributed by atoms with Crippen LogP contribution in [-0.2, 0) is 4.79 Å². The fourth-order valence-electron chi connectivity index (χ4n) is 2.21. The van der Waals surface area contributed by atoms with Gasteiger partial charge in [0.1, 0.15) is 5.70 Å². The molecule has 5 heteroatoms. The van der Waals surface area contributed by atoms with Crippen molar-refractivity contribution in [3.05, 3.63) is 28.1 Å². The van der Waals surface area contributed by atoms with Crippen LogP contribution in [0, 0.1) is 0 Å². The number of likely N-dealkylation sites (N-methyl/N-ethyl adjacent to an activating group) is 1. The average molecular weight is 308 g/mol. The fourth-order valence-corrected chi connectivity index (χ4v) is 3.14. The SMILES string of the molecule is CCCCCCN1C(=O)/C(=C\c2cccs2)N(C)C1=S. The van der Waals surface area contributed by atoms with Gasteiger partial charge < -0.3 is 4.90 Å². The van der Waals surface area contributed by atoms with Crippen molar-refractivity contribution in [3.8, 4) is 0 Å². The van der Waals surface area contributed by atoms with Crippen molar-refractivity contribution < 1.29 is 4.79 Å². The minimum Gasteiger partial charge on any atom is -0.317 e. The van der Waals surface area contributed by atoms with E-state index in [1.165, 1.54) is 12.8 Å². The quantitative estimate of drug-likeness (QED) is 0.454. The maximum Gasteiger partial charge on any atom is 0.276 e. The lowest BCUT2D eigenvalue weighted by molar-refractivity contribution is -0.122. The number of hydrogen-bond acceptors (Lipinski definition) is 3. The summed E-state index contributed by atoms with van der Waals surface area (Å²) in [5.74, 6) is 0.0300. The number of carbonyl (C=O) groups is 1. The summed E-state index contributed by atoms with van der Waals surface area (Å²) in [7, 11) is 1.87. The second-order valence-corrected chi connectivity index (χ2v) is 6.25. The van der Waals surface area contributed by atoms with E-state index in [-0.39, 0.29) is 5.91 Å². The third kappa shape index (κ3) is 3.27. The van der Waals surface area contributed by atoms with Gasteiger partial charge in [0.2, 0.25) is 0 Å². The first kappa shape index (κ1) is 15.2. The average Bonchev–Trinajstić information content (AvgIpc) is 3.01. The minimum atomic E-state index is 0.0300. The molecule has 0 spiro atoms. The zero-order valence-corrected chi connectivity index (χ0v) is 13.6. The third-order valence-corrected chi connectivity index (χ3v) is 4.71. The molecule has 0 bridgehead atoms. The molecule has 1 aliphatic heterocycles. The van der Waals surface area contributed by atoms with Gasteiger partial charge in [0, 0.05) is 18.5 Å². The molecule has 1 fully saturated rings. The van der Waals surface area contributed by atoms with Crippen LogP contribution in [0.15, 0.2) is 23.2 Å². The van der Waals surface area contributed by atoms with Crippen molar-refractivity contribution in [1.29, 1.82) is 0 Å². The van der Waals surface area contributed by atoms with Gasteiger partial charge in [-0.05, 0) is 36.2 Å². The highest BCUT2D eigenvalue weighted by atomic mass is 32.1. The first-order valence-corrected chi connectivity index (χ1v) is 8.28. The number of unbranched alkanes of at least 4 members (excludes halogenated alkanes) is 3. The molecule has 0 aliphatic carbocycles. The second-order valence-electron chi connectivity index (χ2n) is 4.90. The van der Waals surface area contributed by atoms with Gasteiger partial charge in [-0.25, -0.2) is 0 Å². The molecule has 3 nitrogen and oxygen atoms in total. The van der Waals surface area contributed by atoms with Gasteiger partial charge in [-0.3, -0.25) is 9.69 Å². The van der Waals surface area contributed by atoms with E-state index in [4.69, 9.17) is 12.2 Å². The smallest absolute Gasteiger partial charge is 0.276 e. The van der Waals surface area contributed by atoms with Crippen molar-refractivity contribution in [2.45, 2.75) is 32.6 Å². The molecule has 0 atom stereocenters. The van der Waals surface area contributed by atoms with Gasteiger partial charge >= 0.3 is 0 Å². The third-order valence-electron chi connectivity index (χ3n) is 3.40. The molecular formula is C15H20N2OS2. The number of thiocarbonyl (C=S) groups is 1. The van der Waals surface area contributed by atoms with Gasteiger partial charge in [-0.2, -0.15) is 0 Å². The van der Waals surface area contributed by atoms with Crippen LogP contribution >= 0.6 is 23.6 Å². The Kier molecular flexibility index (Phi) is 5.31. The zero-order valence-electron chi connectivity index (χ0n) is 12.0. The Labute approximate surface area is 129 Å². The molecule has 1 aliphatic rings. The predicted octanol–water partition coefficient (Wildman–Crippen LogP) is 3.73. The van der Waals surface area contributed by atoms with E-state index in [2.05, 4.69) is 6.92 Å². The predicted molar refractivity (Wildman–Crippen MR) is 88.5 cm³/mol. The highest BCUT2D eigenvalue weighted by Crippen LogP contribution is 2.24. The summed E-state index contributed by atoms with van der Waals surface area (Å²) in [5, 5.41) is 2.63. The first-order valence-electron chi connectivity index (χ1n) is 7.00. The van der Waals surface area contributed by atoms with E-state index in [0.717, 1.165) is 24.3 Å². The van der Waals surface area contributed by atoms with Gasteiger partial charge in [0.25, 0.3) is 5.91 Å². The number of thiophene rings is 1. The van der Waals surface area contributed by atoms with Gasteiger partial charge in [-0.1, -0.05) is 32.3 Å². The number of carbonyl (C=O) groups excluding carboxylic acids is 1. The van der Waals surface area contributed by atoms with Gasteiger partial charge in [0.15, 0.2) is 5.11 Å².